The molecule has 0 saturated carbocycles. The van der Waals surface area contributed by atoms with Crippen LogP contribution in [0.25, 0.3) is 27.7 Å². The summed E-state index contributed by atoms with van der Waals surface area (Å²) in [6.07, 6.45) is 4.67. The van der Waals surface area contributed by atoms with E-state index in [1.807, 2.05) is 6.07 Å². The second-order valence-electron chi connectivity index (χ2n) is 8.76. The second kappa shape index (κ2) is 8.61. The highest BCUT2D eigenvalue weighted by molar-refractivity contribution is 5.96. The number of ether oxygens (including phenoxy) is 2. The molecule has 4 heterocycles. The maximum absolute atomic E-state index is 14.0. The van der Waals surface area contributed by atoms with Crippen LogP contribution in [0.5, 0.6) is 5.75 Å². The van der Waals surface area contributed by atoms with Crippen molar-refractivity contribution in [2.45, 2.75) is 18.5 Å². The molecule has 2 bridgehead atoms. The Morgan fingerprint density at radius 2 is 2.12 bits per heavy atom. The van der Waals surface area contributed by atoms with Crippen LogP contribution in [0.2, 0.25) is 0 Å². The Labute approximate surface area is 191 Å². The van der Waals surface area contributed by atoms with Crippen molar-refractivity contribution in [1.29, 1.82) is 0 Å². The van der Waals surface area contributed by atoms with Gasteiger partial charge in [-0.2, -0.15) is 0 Å². The average molecular weight is 451 g/mol. The predicted molar refractivity (Wildman–Crippen MR) is 124 cm³/mol. The molecule has 2 atom stereocenters. The van der Waals surface area contributed by atoms with Gasteiger partial charge in [0.25, 0.3) is 0 Å². The minimum atomic E-state index is -0.318. The van der Waals surface area contributed by atoms with Gasteiger partial charge in [0.1, 0.15) is 17.2 Å². The monoisotopic (exact) mass is 450 g/mol. The van der Waals surface area contributed by atoms with E-state index in [0.29, 0.717) is 31.1 Å². The molecule has 0 aliphatic carbocycles. The molecule has 172 valence electrons. The van der Waals surface area contributed by atoms with Crippen LogP contribution in [0, 0.1) is 5.82 Å². The molecular formula is C25H27FN4O3. The quantitative estimate of drug-likeness (QED) is 0.646. The first kappa shape index (κ1) is 21.6. The van der Waals surface area contributed by atoms with E-state index in [4.69, 9.17) is 9.47 Å². The number of nitrogens with one attached hydrogen (secondary N) is 1. The number of carbonyl (C=O) groups excluding carboxylic acids is 1. The molecule has 1 aromatic carbocycles. The molecule has 0 radical (unpaired) electrons. The number of morpholine rings is 1. The number of carbonyl (C=O) groups is 1. The molecule has 2 aromatic heterocycles. The third-order valence-electron chi connectivity index (χ3n) is 6.49. The van der Waals surface area contributed by atoms with Gasteiger partial charge in [-0.1, -0.05) is 6.08 Å². The summed E-state index contributed by atoms with van der Waals surface area (Å²) in [5, 5.41) is 0.906. The largest absolute Gasteiger partial charge is 0.496 e. The molecule has 2 aliphatic rings. The summed E-state index contributed by atoms with van der Waals surface area (Å²) >= 11 is 0. The second-order valence-corrected chi connectivity index (χ2v) is 8.76. The van der Waals surface area contributed by atoms with Gasteiger partial charge in [-0.15, -0.1) is 0 Å². The van der Waals surface area contributed by atoms with E-state index < -0.39 is 0 Å². The third kappa shape index (κ3) is 4.00. The zero-order valence-electron chi connectivity index (χ0n) is 19.0. The van der Waals surface area contributed by atoms with E-state index in [2.05, 4.69) is 27.0 Å². The van der Waals surface area contributed by atoms with Gasteiger partial charge >= 0.3 is 0 Å². The summed E-state index contributed by atoms with van der Waals surface area (Å²) in [5.41, 5.74) is 4.44. The first-order valence-electron chi connectivity index (χ1n) is 11.0. The summed E-state index contributed by atoms with van der Waals surface area (Å²) in [5.74, 6) is 0.380. The Morgan fingerprint density at radius 1 is 1.27 bits per heavy atom. The average Bonchev–Trinajstić information content (AvgIpc) is 3.23. The number of pyridine rings is 1. The number of methoxy groups -OCH3 is 1. The first-order valence-corrected chi connectivity index (χ1v) is 11.0. The van der Waals surface area contributed by atoms with Crippen molar-refractivity contribution in [3.05, 3.63) is 54.1 Å². The molecule has 1 fully saturated rings. The number of hydrogen-bond acceptors (Lipinski definition) is 5. The molecule has 1 amide bonds. The topological polar surface area (TPSA) is 70.7 Å². The molecular weight excluding hydrogens is 423 g/mol. The van der Waals surface area contributed by atoms with Gasteiger partial charge in [0.05, 0.1) is 32.9 Å². The van der Waals surface area contributed by atoms with E-state index in [0.717, 1.165) is 28.7 Å². The fourth-order valence-electron chi connectivity index (χ4n) is 4.73. The zero-order valence-corrected chi connectivity index (χ0v) is 19.0. The van der Waals surface area contributed by atoms with Crippen LogP contribution >= 0.6 is 0 Å². The number of H-pyrrole nitrogens is 1. The van der Waals surface area contributed by atoms with Crippen LogP contribution < -0.4 is 4.74 Å². The summed E-state index contributed by atoms with van der Waals surface area (Å²) < 4.78 is 25.3. The highest BCUT2D eigenvalue weighted by atomic mass is 19.1. The highest BCUT2D eigenvalue weighted by Crippen LogP contribution is 2.38. The lowest BCUT2D eigenvalue weighted by Crippen LogP contribution is -2.56. The number of likely N-dealkylation sites (N-methyl/N-ethyl adjacent to an activating group) is 1. The Balaban J connectivity index is 1.52. The molecule has 1 N–H and O–H groups in total. The van der Waals surface area contributed by atoms with Crippen molar-refractivity contribution >= 4 is 22.5 Å². The zero-order chi connectivity index (χ0) is 23.1. The van der Waals surface area contributed by atoms with Gasteiger partial charge < -0.3 is 19.4 Å². The molecule has 2 unspecified atom stereocenters. The van der Waals surface area contributed by atoms with Gasteiger partial charge in [0.15, 0.2) is 0 Å². The predicted octanol–water partition coefficient (Wildman–Crippen LogP) is 3.32. The molecule has 3 aromatic rings. The fourth-order valence-corrected chi connectivity index (χ4v) is 4.73. The van der Waals surface area contributed by atoms with Crippen molar-refractivity contribution in [3.63, 3.8) is 0 Å². The van der Waals surface area contributed by atoms with Crippen molar-refractivity contribution < 1.29 is 18.7 Å². The van der Waals surface area contributed by atoms with Gasteiger partial charge in [0.2, 0.25) is 5.91 Å². The van der Waals surface area contributed by atoms with Crippen molar-refractivity contribution in [1.82, 2.24) is 19.8 Å². The third-order valence-corrected chi connectivity index (χ3v) is 6.49. The minimum absolute atomic E-state index is 0.0403. The maximum Gasteiger partial charge on any atom is 0.236 e. The van der Waals surface area contributed by atoms with E-state index in [1.54, 1.807) is 38.4 Å². The summed E-state index contributed by atoms with van der Waals surface area (Å²) in [4.78, 5) is 24.1. The lowest BCUT2D eigenvalue weighted by Gasteiger charge is -2.44. The van der Waals surface area contributed by atoms with E-state index in [-0.39, 0.29) is 23.8 Å². The summed E-state index contributed by atoms with van der Waals surface area (Å²) in [6.45, 7) is 1.54. The number of aromatic amines is 1. The Hall–Kier alpha value is -3.23. The van der Waals surface area contributed by atoms with Crippen LogP contribution in [-0.2, 0) is 9.53 Å². The van der Waals surface area contributed by atoms with Crippen LogP contribution in [0.4, 0.5) is 4.39 Å². The Morgan fingerprint density at radius 3 is 2.88 bits per heavy atom. The summed E-state index contributed by atoms with van der Waals surface area (Å²) in [7, 11) is 5.14. The van der Waals surface area contributed by atoms with Crippen LogP contribution in [0.1, 0.15) is 12.1 Å². The lowest BCUT2D eigenvalue weighted by atomic mass is 9.92. The highest BCUT2D eigenvalue weighted by Gasteiger charge is 2.36. The number of fused-ring (bicyclic) bond motifs is 3. The maximum atomic E-state index is 14.0. The van der Waals surface area contributed by atoms with Crippen molar-refractivity contribution in [2.75, 3.05) is 41.0 Å². The fraction of sp³-hybridized carbons (Fsp3) is 0.360. The smallest absolute Gasteiger partial charge is 0.236 e. The van der Waals surface area contributed by atoms with Crippen LogP contribution in [0.3, 0.4) is 0 Å². The van der Waals surface area contributed by atoms with Gasteiger partial charge in [0, 0.05) is 43.0 Å². The van der Waals surface area contributed by atoms with Crippen molar-refractivity contribution in [2.24, 2.45) is 0 Å². The van der Waals surface area contributed by atoms with Gasteiger partial charge in [-0.3, -0.25) is 9.69 Å². The number of aromatic nitrogens is 2. The van der Waals surface area contributed by atoms with Crippen LogP contribution in [-0.4, -0.2) is 78.7 Å². The molecule has 7 nitrogen and oxygen atoms in total. The molecule has 0 spiro atoms. The number of amides is 1. The molecule has 8 heteroatoms. The minimum Gasteiger partial charge on any atom is -0.496 e. The SMILES string of the molecule is COc1ccc(F)cc1-c1ccnc2[nH]c(C3=CC4COCC(C3)N4CC(=O)N(C)C)cc12. The normalized spacial score (nSPS) is 20.5. The molecule has 2 aliphatic heterocycles. The number of benzene rings is 1. The van der Waals surface area contributed by atoms with Gasteiger partial charge in [-0.05, 0) is 47.9 Å². The number of rotatable bonds is 5. The number of hydrogen-bond donors (Lipinski definition) is 1. The molecule has 1 saturated heterocycles. The number of halogens is 1. The first-order chi connectivity index (χ1) is 15.9. The van der Waals surface area contributed by atoms with E-state index in [1.165, 1.54) is 17.7 Å². The van der Waals surface area contributed by atoms with Crippen LogP contribution in [0.15, 0.2) is 42.6 Å². The lowest BCUT2D eigenvalue weighted by molar-refractivity contribution is -0.133. The van der Waals surface area contributed by atoms with E-state index >= 15 is 0 Å². The molecule has 5 rings (SSSR count). The summed E-state index contributed by atoms with van der Waals surface area (Å²) in [6, 6.07) is 8.65. The number of nitrogens with zero attached hydrogens (tertiary/aromatic N) is 3. The van der Waals surface area contributed by atoms with E-state index in [9.17, 15) is 9.18 Å². The van der Waals surface area contributed by atoms with Crippen molar-refractivity contribution in [3.8, 4) is 16.9 Å². The Bertz CT molecular complexity index is 1240. The molecule has 33 heavy (non-hydrogen) atoms. The standard InChI is InChI=1S/C25H27FN4O3/c1-29(2)24(31)12-30-17-8-15(9-18(30)14-33-13-17)22-11-21-19(6-7-27-25(21)28-22)20-10-16(26)4-5-23(20)32-3/h4-8,10-11,17-18H,9,12-14H2,1-3H3,(H,27,28). The Kier molecular flexibility index (Phi) is 5.64. The van der Waals surface area contributed by atoms with Gasteiger partial charge in [-0.25, -0.2) is 9.37 Å².